The third-order valence-electron chi connectivity index (χ3n) is 3.46. The first-order valence-electron chi connectivity index (χ1n) is 7.24. The molecule has 0 aliphatic heterocycles. The molecule has 2 rings (SSSR count). The molecule has 1 N–H and O–H groups in total. The van der Waals surface area contributed by atoms with Gasteiger partial charge in [-0.15, -0.1) is 0 Å². The van der Waals surface area contributed by atoms with Crippen molar-refractivity contribution in [2.45, 2.75) is 20.4 Å². The van der Waals surface area contributed by atoms with E-state index in [4.69, 9.17) is 11.6 Å². The van der Waals surface area contributed by atoms with E-state index in [1.54, 1.807) is 12.1 Å². The number of carbonyl (C=O) groups is 1. The van der Waals surface area contributed by atoms with Gasteiger partial charge in [-0.2, -0.15) is 0 Å². The highest BCUT2D eigenvalue weighted by Gasteiger charge is 2.09. The summed E-state index contributed by atoms with van der Waals surface area (Å²) in [6, 6.07) is 13.5. The molecule has 0 fully saturated rings. The lowest BCUT2D eigenvalue weighted by molar-refractivity contribution is -0.117. The smallest absolute Gasteiger partial charge is 0.238 e. The van der Waals surface area contributed by atoms with Gasteiger partial charge in [0.05, 0.1) is 6.54 Å². The maximum Gasteiger partial charge on any atom is 0.238 e. The predicted molar refractivity (Wildman–Crippen MR) is 92.3 cm³/mol. The molecular weight excluding hydrogens is 296 g/mol. The van der Waals surface area contributed by atoms with E-state index in [0.29, 0.717) is 11.6 Å². The van der Waals surface area contributed by atoms with Gasteiger partial charge in [0, 0.05) is 17.3 Å². The molecule has 0 aromatic heterocycles. The quantitative estimate of drug-likeness (QED) is 0.903. The number of benzene rings is 2. The molecule has 0 aliphatic carbocycles. The molecule has 0 heterocycles. The SMILES string of the molecule is Cc1ccc(CN(C)CC(=O)Nc2cccc(Cl)c2)c(C)c1. The second kappa shape index (κ2) is 7.43. The highest BCUT2D eigenvalue weighted by molar-refractivity contribution is 6.30. The average molecular weight is 317 g/mol. The van der Waals surface area contributed by atoms with Crippen LogP contribution in [-0.4, -0.2) is 24.4 Å². The molecule has 116 valence electrons. The van der Waals surface area contributed by atoms with Crippen LogP contribution in [0.1, 0.15) is 16.7 Å². The molecule has 0 radical (unpaired) electrons. The number of carbonyl (C=O) groups excluding carboxylic acids is 1. The Labute approximate surface area is 136 Å². The van der Waals surface area contributed by atoms with Crippen LogP contribution in [0.3, 0.4) is 0 Å². The van der Waals surface area contributed by atoms with E-state index in [9.17, 15) is 4.79 Å². The van der Waals surface area contributed by atoms with Crippen LogP contribution >= 0.6 is 11.6 Å². The van der Waals surface area contributed by atoms with Crippen LogP contribution < -0.4 is 5.32 Å². The minimum atomic E-state index is -0.0467. The monoisotopic (exact) mass is 316 g/mol. The van der Waals surface area contributed by atoms with E-state index >= 15 is 0 Å². The largest absolute Gasteiger partial charge is 0.325 e. The number of amides is 1. The summed E-state index contributed by atoms with van der Waals surface area (Å²) in [5, 5.41) is 3.47. The van der Waals surface area contributed by atoms with Crippen LogP contribution in [0.4, 0.5) is 5.69 Å². The van der Waals surface area contributed by atoms with Crippen LogP contribution in [0.2, 0.25) is 5.02 Å². The zero-order chi connectivity index (χ0) is 16.1. The molecule has 2 aromatic carbocycles. The zero-order valence-electron chi connectivity index (χ0n) is 13.2. The normalized spacial score (nSPS) is 10.8. The molecule has 2 aromatic rings. The summed E-state index contributed by atoms with van der Waals surface area (Å²) in [6.45, 7) is 5.26. The van der Waals surface area contributed by atoms with Crippen LogP contribution in [0, 0.1) is 13.8 Å². The molecule has 0 saturated carbocycles. The molecule has 0 bridgehead atoms. The van der Waals surface area contributed by atoms with E-state index in [0.717, 1.165) is 12.2 Å². The summed E-state index contributed by atoms with van der Waals surface area (Å²) in [5.74, 6) is -0.0467. The summed E-state index contributed by atoms with van der Waals surface area (Å²) in [5.41, 5.74) is 4.46. The first kappa shape index (κ1) is 16.5. The van der Waals surface area contributed by atoms with Crippen molar-refractivity contribution in [2.75, 3.05) is 18.9 Å². The Morgan fingerprint density at radius 1 is 1.18 bits per heavy atom. The molecule has 0 unspecified atom stereocenters. The summed E-state index contributed by atoms with van der Waals surface area (Å²) >= 11 is 5.91. The third-order valence-corrected chi connectivity index (χ3v) is 3.70. The lowest BCUT2D eigenvalue weighted by Crippen LogP contribution is -2.30. The molecule has 4 heteroatoms. The molecular formula is C18H21ClN2O. The standard InChI is InChI=1S/C18H21ClN2O/c1-13-7-8-15(14(2)9-13)11-21(3)12-18(22)20-17-6-4-5-16(19)10-17/h4-10H,11-12H2,1-3H3,(H,20,22). The lowest BCUT2D eigenvalue weighted by Gasteiger charge is -2.18. The Hall–Kier alpha value is -1.84. The second-order valence-corrected chi connectivity index (χ2v) is 6.10. The molecule has 0 aliphatic rings. The van der Waals surface area contributed by atoms with Gasteiger partial charge in [-0.1, -0.05) is 41.4 Å². The van der Waals surface area contributed by atoms with Gasteiger partial charge in [0.15, 0.2) is 0 Å². The van der Waals surface area contributed by atoms with Crippen molar-refractivity contribution in [1.82, 2.24) is 4.90 Å². The summed E-state index contributed by atoms with van der Waals surface area (Å²) in [7, 11) is 1.94. The molecule has 0 atom stereocenters. The Morgan fingerprint density at radius 2 is 1.95 bits per heavy atom. The van der Waals surface area contributed by atoms with Crippen molar-refractivity contribution < 1.29 is 4.79 Å². The molecule has 0 saturated heterocycles. The van der Waals surface area contributed by atoms with Crippen molar-refractivity contribution in [3.8, 4) is 0 Å². The molecule has 1 amide bonds. The van der Waals surface area contributed by atoms with Crippen LogP contribution in [-0.2, 0) is 11.3 Å². The number of rotatable bonds is 5. The summed E-state index contributed by atoms with van der Waals surface area (Å²) < 4.78 is 0. The average Bonchev–Trinajstić information content (AvgIpc) is 2.41. The maximum absolute atomic E-state index is 12.1. The number of nitrogens with one attached hydrogen (secondary N) is 1. The van der Waals surface area contributed by atoms with Crippen molar-refractivity contribution in [3.05, 3.63) is 64.2 Å². The summed E-state index contributed by atoms with van der Waals surface area (Å²) in [6.07, 6.45) is 0. The number of aryl methyl sites for hydroxylation is 2. The fraction of sp³-hybridized carbons (Fsp3) is 0.278. The topological polar surface area (TPSA) is 32.3 Å². The van der Waals surface area contributed by atoms with Crippen LogP contribution in [0.25, 0.3) is 0 Å². The van der Waals surface area contributed by atoms with Crippen LogP contribution in [0.5, 0.6) is 0 Å². The number of hydrogen-bond acceptors (Lipinski definition) is 2. The van der Waals surface area contributed by atoms with Gasteiger partial charge in [0.25, 0.3) is 0 Å². The van der Waals surface area contributed by atoms with Gasteiger partial charge in [0.1, 0.15) is 0 Å². The highest BCUT2D eigenvalue weighted by Crippen LogP contribution is 2.15. The van der Waals surface area contributed by atoms with Crippen molar-refractivity contribution >= 4 is 23.2 Å². The fourth-order valence-corrected chi connectivity index (χ4v) is 2.57. The second-order valence-electron chi connectivity index (χ2n) is 5.66. The Balaban J connectivity index is 1.91. The Kier molecular flexibility index (Phi) is 5.58. The number of nitrogens with zero attached hydrogens (tertiary/aromatic N) is 1. The van der Waals surface area contributed by atoms with E-state index in [1.165, 1.54) is 16.7 Å². The summed E-state index contributed by atoms with van der Waals surface area (Å²) in [4.78, 5) is 14.1. The Morgan fingerprint density at radius 3 is 2.64 bits per heavy atom. The number of halogens is 1. The van der Waals surface area contributed by atoms with Crippen LogP contribution in [0.15, 0.2) is 42.5 Å². The van der Waals surface area contributed by atoms with E-state index in [1.807, 2.05) is 24.1 Å². The van der Waals surface area contributed by atoms with E-state index in [2.05, 4.69) is 37.4 Å². The Bertz CT molecular complexity index is 670. The third kappa shape index (κ3) is 4.86. The van der Waals surface area contributed by atoms with Crippen molar-refractivity contribution in [3.63, 3.8) is 0 Å². The van der Waals surface area contributed by atoms with E-state index in [-0.39, 0.29) is 5.91 Å². The number of hydrogen-bond donors (Lipinski definition) is 1. The first-order valence-corrected chi connectivity index (χ1v) is 7.62. The number of likely N-dealkylation sites (N-methyl/N-ethyl adjacent to an activating group) is 1. The zero-order valence-corrected chi connectivity index (χ0v) is 13.9. The molecule has 22 heavy (non-hydrogen) atoms. The number of anilines is 1. The highest BCUT2D eigenvalue weighted by atomic mass is 35.5. The van der Waals surface area contributed by atoms with Gasteiger partial charge in [0.2, 0.25) is 5.91 Å². The lowest BCUT2D eigenvalue weighted by atomic mass is 10.1. The van der Waals surface area contributed by atoms with Gasteiger partial charge >= 0.3 is 0 Å². The van der Waals surface area contributed by atoms with Gasteiger partial charge in [-0.05, 0) is 50.2 Å². The molecule has 0 spiro atoms. The van der Waals surface area contributed by atoms with Crippen molar-refractivity contribution in [1.29, 1.82) is 0 Å². The minimum Gasteiger partial charge on any atom is -0.325 e. The van der Waals surface area contributed by atoms with Gasteiger partial charge in [-0.25, -0.2) is 0 Å². The van der Waals surface area contributed by atoms with Gasteiger partial charge < -0.3 is 5.32 Å². The molecule has 3 nitrogen and oxygen atoms in total. The maximum atomic E-state index is 12.1. The first-order chi connectivity index (χ1) is 10.4. The van der Waals surface area contributed by atoms with E-state index < -0.39 is 0 Å². The van der Waals surface area contributed by atoms with Crippen molar-refractivity contribution in [2.24, 2.45) is 0 Å². The fourth-order valence-electron chi connectivity index (χ4n) is 2.38. The predicted octanol–water partition coefficient (Wildman–Crippen LogP) is 4.03. The van der Waals surface area contributed by atoms with Gasteiger partial charge in [-0.3, -0.25) is 9.69 Å². The minimum absolute atomic E-state index is 0.0467.